The molecule has 0 aromatic heterocycles. The first-order valence-corrected chi connectivity index (χ1v) is 10.7. The fourth-order valence-corrected chi connectivity index (χ4v) is 3.40. The van der Waals surface area contributed by atoms with Gasteiger partial charge in [-0.3, -0.25) is 4.79 Å². The first kappa shape index (κ1) is 24.4. The molecule has 0 radical (unpaired) electrons. The summed E-state index contributed by atoms with van der Waals surface area (Å²) in [6.07, 6.45) is -3.72. The molecule has 0 saturated heterocycles. The third kappa shape index (κ3) is 5.97. The van der Waals surface area contributed by atoms with Crippen molar-refractivity contribution in [2.45, 2.75) is 40.3 Å². The van der Waals surface area contributed by atoms with E-state index in [0.29, 0.717) is 29.6 Å². The minimum atomic E-state index is -4.51. The van der Waals surface area contributed by atoms with E-state index in [1.807, 2.05) is 13.8 Å². The van der Waals surface area contributed by atoms with Gasteiger partial charge in [0.05, 0.1) is 16.7 Å². The number of hydrogen-bond acceptors (Lipinski definition) is 3. The van der Waals surface area contributed by atoms with Gasteiger partial charge in [-0.2, -0.15) is 13.2 Å². The zero-order chi connectivity index (χ0) is 24.4. The highest BCUT2D eigenvalue weighted by molar-refractivity contribution is 6.02. The summed E-state index contributed by atoms with van der Waals surface area (Å²) in [4.78, 5) is 27.3. The van der Waals surface area contributed by atoms with Crippen molar-refractivity contribution in [1.29, 1.82) is 0 Å². The molecule has 0 atom stereocenters. The second-order valence-electron chi connectivity index (χ2n) is 9.15. The average Bonchev–Trinajstić information content (AvgIpc) is 2.80. The van der Waals surface area contributed by atoms with E-state index in [9.17, 15) is 22.8 Å². The molecule has 2 aromatic carbocycles. The lowest BCUT2D eigenvalue weighted by Gasteiger charge is -2.28. The molecule has 1 heterocycles. The van der Waals surface area contributed by atoms with Crippen molar-refractivity contribution in [1.82, 2.24) is 0 Å². The first-order valence-electron chi connectivity index (χ1n) is 10.7. The van der Waals surface area contributed by atoms with Crippen molar-refractivity contribution in [3.63, 3.8) is 0 Å². The van der Waals surface area contributed by atoms with E-state index in [1.54, 1.807) is 23.1 Å². The summed E-state index contributed by atoms with van der Waals surface area (Å²) in [6.45, 7) is 8.51. The summed E-state index contributed by atoms with van der Waals surface area (Å²) in [7, 11) is 0. The van der Waals surface area contributed by atoms with Crippen LogP contribution in [0.5, 0.6) is 5.75 Å². The Morgan fingerprint density at radius 3 is 2.42 bits per heavy atom. The SMILES string of the molecule is CC(C)CCN1C(=O)C(C)(C)COc2ccc(NC(=O)Nc3cccc(C(F)(F)F)c3)cc21. The van der Waals surface area contributed by atoms with Crippen molar-refractivity contribution in [2.75, 3.05) is 28.7 Å². The molecule has 0 spiro atoms. The molecule has 0 fully saturated rings. The highest BCUT2D eigenvalue weighted by atomic mass is 19.4. The van der Waals surface area contributed by atoms with E-state index in [1.165, 1.54) is 12.1 Å². The van der Waals surface area contributed by atoms with Gasteiger partial charge in [0.1, 0.15) is 12.4 Å². The second kappa shape index (κ2) is 9.33. The number of nitrogens with zero attached hydrogens (tertiary/aromatic N) is 1. The van der Waals surface area contributed by atoms with Crippen LogP contribution in [0.15, 0.2) is 42.5 Å². The maximum atomic E-state index is 13.2. The molecule has 1 aliphatic heterocycles. The highest BCUT2D eigenvalue weighted by Gasteiger charge is 2.37. The third-order valence-electron chi connectivity index (χ3n) is 5.30. The van der Waals surface area contributed by atoms with Gasteiger partial charge in [-0.05, 0) is 62.6 Å². The number of carbonyl (C=O) groups is 2. The Morgan fingerprint density at radius 1 is 1.12 bits per heavy atom. The van der Waals surface area contributed by atoms with Crippen molar-refractivity contribution < 1.29 is 27.5 Å². The maximum absolute atomic E-state index is 13.2. The van der Waals surface area contributed by atoms with E-state index in [0.717, 1.165) is 18.6 Å². The summed E-state index contributed by atoms with van der Waals surface area (Å²) in [6, 6.07) is 8.61. The number of benzene rings is 2. The molecular formula is C24H28F3N3O3. The van der Waals surface area contributed by atoms with Crippen molar-refractivity contribution in [3.05, 3.63) is 48.0 Å². The Balaban J connectivity index is 1.82. The van der Waals surface area contributed by atoms with Gasteiger partial charge in [0.2, 0.25) is 5.91 Å². The van der Waals surface area contributed by atoms with Crippen LogP contribution in [0.25, 0.3) is 0 Å². The van der Waals surface area contributed by atoms with E-state index in [4.69, 9.17) is 4.74 Å². The van der Waals surface area contributed by atoms with Crippen LogP contribution in [-0.4, -0.2) is 25.1 Å². The molecule has 0 unspecified atom stereocenters. The molecule has 0 saturated carbocycles. The third-order valence-corrected chi connectivity index (χ3v) is 5.30. The standard InChI is InChI=1S/C24H28F3N3O3/c1-15(2)10-11-30-19-13-18(8-9-20(19)33-14-23(3,4)21(30)31)29-22(32)28-17-7-5-6-16(12-17)24(25,26)27/h5-9,12-13,15H,10-11,14H2,1-4H3,(H2,28,29,32). The molecule has 33 heavy (non-hydrogen) atoms. The zero-order valence-corrected chi connectivity index (χ0v) is 19.0. The second-order valence-corrected chi connectivity index (χ2v) is 9.15. The molecule has 9 heteroatoms. The fraction of sp³-hybridized carbons (Fsp3) is 0.417. The number of nitrogens with one attached hydrogen (secondary N) is 2. The van der Waals surface area contributed by atoms with Crippen molar-refractivity contribution >= 4 is 29.0 Å². The van der Waals surface area contributed by atoms with Gasteiger partial charge in [-0.25, -0.2) is 4.79 Å². The van der Waals surface area contributed by atoms with E-state index in [2.05, 4.69) is 24.5 Å². The van der Waals surface area contributed by atoms with E-state index in [-0.39, 0.29) is 18.2 Å². The smallest absolute Gasteiger partial charge is 0.416 e. The molecule has 2 N–H and O–H groups in total. The maximum Gasteiger partial charge on any atom is 0.416 e. The minimum Gasteiger partial charge on any atom is -0.490 e. The number of carbonyl (C=O) groups excluding carboxylic acids is 2. The van der Waals surface area contributed by atoms with Gasteiger partial charge in [-0.15, -0.1) is 0 Å². The zero-order valence-electron chi connectivity index (χ0n) is 19.0. The van der Waals surface area contributed by atoms with Crippen LogP contribution in [0.1, 0.15) is 39.7 Å². The number of anilines is 3. The molecule has 3 amide bonds. The topological polar surface area (TPSA) is 70.7 Å². The fourth-order valence-electron chi connectivity index (χ4n) is 3.40. The number of halogens is 3. The number of urea groups is 1. The van der Waals surface area contributed by atoms with E-state index >= 15 is 0 Å². The summed E-state index contributed by atoms with van der Waals surface area (Å²) in [5.74, 6) is 0.835. The van der Waals surface area contributed by atoms with Gasteiger partial charge in [0.25, 0.3) is 0 Å². The summed E-state index contributed by atoms with van der Waals surface area (Å²) in [5, 5.41) is 5.02. The summed E-state index contributed by atoms with van der Waals surface area (Å²) >= 11 is 0. The van der Waals surface area contributed by atoms with Crippen molar-refractivity contribution in [3.8, 4) is 5.75 Å². The van der Waals surface area contributed by atoms with Gasteiger partial charge >= 0.3 is 12.2 Å². The van der Waals surface area contributed by atoms with Gasteiger partial charge in [0.15, 0.2) is 0 Å². The largest absolute Gasteiger partial charge is 0.490 e. The van der Waals surface area contributed by atoms with Crippen LogP contribution in [0, 0.1) is 11.3 Å². The van der Waals surface area contributed by atoms with Crippen LogP contribution in [-0.2, 0) is 11.0 Å². The lowest BCUT2D eigenvalue weighted by Crippen LogP contribution is -2.42. The predicted octanol–water partition coefficient (Wildman–Crippen LogP) is 6.15. The lowest BCUT2D eigenvalue weighted by molar-refractivity contribution is -0.137. The average molecular weight is 464 g/mol. The molecule has 6 nitrogen and oxygen atoms in total. The van der Waals surface area contributed by atoms with Gasteiger partial charge in [0, 0.05) is 17.9 Å². The monoisotopic (exact) mass is 463 g/mol. The molecule has 2 aromatic rings. The Bertz CT molecular complexity index is 1040. The molecule has 1 aliphatic rings. The lowest BCUT2D eigenvalue weighted by atomic mass is 9.92. The molecular weight excluding hydrogens is 435 g/mol. The quantitative estimate of drug-likeness (QED) is 0.559. The molecule has 0 bridgehead atoms. The predicted molar refractivity (Wildman–Crippen MR) is 122 cm³/mol. The molecule has 178 valence electrons. The molecule has 3 rings (SSSR count). The van der Waals surface area contributed by atoms with Crippen LogP contribution in [0.3, 0.4) is 0 Å². The molecule has 0 aliphatic carbocycles. The summed E-state index contributed by atoms with van der Waals surface area (Å²) in [5.41, 5.74) is -0.642. The van der Waals surface area contributed by atoms with Gasteiger partial charge in [-0.1, -0.05) is 19.9 Å². The summed E-state index contributed by atoms with van der Waals surface area (Å²) < 4.78 is 44.6. The number of hydrogen-bond donors (Lipinski definition) is 2. The number of ether oxygens (including phenoxy) is 1. The Hall–Kier alpha value is -3.23. The Morgan fingerprint density at radius 2 is 1.79 bits per heavy atom. The van der Waals surface area contributed by atoms with Crippen LogP contribution < -0.4 is 20.3 Å². The van der Waals surface area contributed by atoms with Crippen LogP contribution >= 0.6 is 0 Å². The first-order chi connectivity index (χ1) is 15.4. The van der Waals surface area contributed by atoms with Crippen LogP contribution in [0.2, 0.25) is 0 Å². The van der Waals surface area contributed by atoms with Crippen molar-refractivity contribution in [2.24, 2.45) is 11.3 Å². The highest BCUT2D eigenvalue weighted by Crippen LogP contribution is 2.38. The number of rotatable bonds is 5. The van der Waals surface area contributed by atoms with Gasteiger partial charge < -0.3 is 20.3 Å². The normalized spacial score (nSPS) is 15.5. The number of fused-ring (bicyclic) bond motifs is 1. The Kier molecular flexibility index (Phi) is 6.90. The number of alkyl halides is 3. The Labute approximate surface area is 191 Å². The van der Waals surface area contributed by atoms with E-state index < -0.39 is 23.2 Å². The number of amides is 3. The van der Waals surface area contributed by atoms with Crippen LogP contribution in [0.4, 0.5) is 35.0 Å². The minimum absolute atomic E-state index is 0.0101.